The summed E-state index contributed by atoms with van der Waals surface area (Å²) < 4.78 is 0.792. The van der Waals surface area contributed by atoms with Crippen LogP contribution in [0.3, 0.4) is 0 Å². The highest BCUT2D eigenvalue weighted by Crippen LogP contribution is 2.24. The summed E-state index contributed by atoms with van der Waals surface area (Å²) in [5.41, 5.74) is 7.85. The third-order valence-corrected chi connectivity index (χ3v) is 2.57. The number of hydrogen-bond acceptors (Lipinski definition) is 2. The van der Waals surface area contributed by atoms with Gasteiger partial charge in [-0.3, -0.25) is 0 Å². The topological polar surface area (TPSA) is 49.8 Å². The van der Waals surface area contributed by atoms with Crippen molar-refractivity contribution in [2.24, 2.45) is 0 Å². The number of nitrogen functional groups attached to an aromatic ring is 1. The van der Waals surface area contributed by atoms with Crippen LogP contribution in [0.1, 0.15) is 11.1 Å². The molecule has 0 unspecified atom stereocenters. The summed E-state index contributed by atoms with van der Waals surface area (Å²) in [6.45, 7) is 1.88. The average molecular weight is 211 g/mol. The highest BCUT2D eigenvalue weighted by Gasteiger charge is 2.03. The molecule has 0 saturated carbocycles. The van der Waals surface area contributed by atoms with E-state index in [1.165, 1.54) is 0 Å². The molecule has 11 heavy (non-hydrogen) atoms. The molecule has 0 spiro atoms. The van der Waals surface area contributed by atoms with Gasteiger partial charge in [-0.05, 0) is 40.5 Å². The SMILES string of the molecule is Cc1c(N)ccc(C#N)c1Br. The Hall–Kier alpha value is -1.01. The van der Waals surface area contributed by atoms with Crippen molar-refractivity contribution in [2.75, 3.05) is 5.73 Å². The van der Waals surface area contributed by atoms with E-state index < -0.39 is 0 Å². The van der Waals surface area contributed by atoms with Gasteiger partial charge in [0.15, 0.2) is 0 Å². The fourth-order valence-electron chi connectivity index (χ4n) is 0.786. The van der Waals surface area contributed by atoms with Crippen LogP contribution in [-0.2, 0) is 0 Å². The van der Waals surface area contributed by atoms with Crippen LogP contribution in [0, 0.1) is 18.3 Å². The molecule has 0 fully saturated rings. The third-order valence-electron chi connectivity index (χ3n) is 1.55. The van der Waals surface area contributed by atoms with Crippen molar-refractivity contribution in [1.82, 2.24) is 0 Å². The quantitative estimate of drug-likeness (QED) is 0.668. The molecule has 0 bridgehead atoms. The minimum atomic E-state index is 0.622. The number of nitrogens with zero attached hydrogens (tertiary/aromatic N) is 1. The monoisotopic (exact) mass is 210 g/mol. The lowest BCUT2D eigenvalue weighted by atomic mass is 10.1. The Balaban J connectivity index is 3.40. The standard InChI is InChI=1S/C8H7BrN2/c1-5-7(11)3-2-6(4-10)8(5)9/h2-3H,11H2,1H3. The van der Waals surface area contributed by atoms with Crippen molar-refractivity contribution in [1.29, 1.82) is 5.26 Å². The van der Waals surface area contributed by atoms with E-state index >= 15 is 0 Å². The Morgan fingerprint density at radius 1 is 1.55 bits per heavy atom. The van der Waals surface area contributed by atoms with Gasteiger partial charge in [-0.1, -0.05) is 0 Å². The zero-order chi connectivity index (χ0) is 8.43. The number of rotatable bonds is 0. The van der Waals surface area contributed by atoms with Gasteiger partial charge in [0.05, 0.1) is 5.56 Å². The molecule has 0 saturated heterocycles. The van der Waals surface area contributed by atoms with Crippen LogP contribution < -0.4 is 5.73 Å². The second kappa shape index (κ2) is 2.93. The fourth-order valence-corrected chi connectivity index (χ4v) is 1.24. The van der Waals surface area contributed by atoms with Gasteiger partial charge in [0.25, 0.3) is 0 Å². The lowest BCUT2D eigenvalue weighted by Gasteiger charge is -2.02. The largest absolute Gasteiger partial charge is 0.398 e. The van der Waals surface area contributed by atoms with Gasteiger partial charge in [-0.2, -0.15) is 5.26 Å². The number of hydrogen-bond donors (Lipinski definition) is 1. The summed E-state index contributed by atoms with van der Waals surface area (Å²) in [4.78, 5) is 0. The maximum absolute atomic E-state index is 8.61. The number of anilines is 1. The Labute approximate surface area is 73.8 Å². The van der Waals surface area contributed by atoms with Crippen LogP contribution in [0.5, 0.6) is 0 Å². The van der Waals surface area contributed by atoms with E-state index in [0.29, 0.717) is 11.3 Å². The predicted molar refractivity (Wildman–Crippen MR) is 48.0 cm³/mol. The van der Waals surface area contributed by atoms with E-state index in [9.17, 15) is 0 Å². The van der Waals surface area contributed by atoms with Gasteiger partial charge >= 0.3 is 0 Å². The molecule has 1 aromatic carbocycles. The Morgan fingerprint density at radius 3 is 2.73 bits per heavy atom. The van der Waals surface area contributed by atoms with E-state index in [2.05, 4.69) is 22.0 Å². The number of halogens is 1. The van der Waals surface area contributed by atoms with Crippen molar-refractivity contribution < 1.29 is 0 Å². The molecule has 56 valence electrons. The molecule has 0 heterocycles. The fraction of sp³-hybridized carbons (Fsp3) is 0.125. The molecular weight excluding hydrogens is 204 g/mol. The minimum Gasteiger partial charge on any atom is -0.398 e. The summed E-state index contributed by atoms with van der Waals surface area (Å²) in [5, 5.41) is 8.61. The molecule has 0 atom stereocenters. The predicted octanol–water partition coefficient (Wildman–Crippen LogP) is 2.21. The van der Waals surface area contributed by atoms with Gasteiger partial charge in [0.1, 0.15) is 6.07 Å². The van der Waals surface area contributed by atoms with Gasteiger partial charge in [-0.15, -0.1) is 0 Å². The number of benzene rings is 1. The lowest BCUT2D eigenvalue weighted by molar-refractivity contribution is 1.39. The van der Waals surface area contributed by atoms with E-state index in [4.69, 9.17) is 11.0 Å². The molecule has 0 aliphatic heterocycles. The van der Waals surface area contributed by atoms with Crippen LogP contribution in [-0.4, -0.2) is 0 Å². The molecule has 2 N–H and O–H groups in total. The molecule has 0 aliphatic carbocycles. The average Bonchev–Trinajstić information content (AvgIpc) is 2.01. The smallest absolute Gasteiger partial charge is 0.100 e. The molecule has 3 heteroatoms. The van der Waals surface area contributed by atoms with Crippen molar-refractivity contribution >= 4 is 21.6 Å². The van der Waals surface area contributed by atoms with Crippen molar-refractivity contribution in [3.05, 3.63) is 27.7 Å². The first-order chi connectivity index (χ1) is 5.16. The van der Waals surface area contributed by atoms with Gasteiger partial charge < -0.3 is 5.73 Å². The number of nitrogens with two attached hydrogens (primary N) is 1. The molecule has 0 radical (unpaired) electrons. The van der Waals surface area contributed by atoms with Crippen LogP contribution >= 0.6 is 15.9 Å². The normalized spacial score (nSPS) is 9.18. The van der Waals surface area contributed by atoms with Crippen molar-refractivity contribution in [3.8, 4) is 6.07 Å². The van der Waals surface area contributed by atoms with Crippen LogP contribution in [0.2, 0.25) is 0 Å². The first kappa shape index (κ1) is 8.09. The van der Waals surface area contributed by atoms with E-state index in [0.717, 1.165) is 10.0 Å². The van der Waals surface area contributed by atoms with Gasteiger partial charge in [0, 0.05) is 10.2 Å². The Kier molecular flexibility index (Phi) is 2.16. The van der Waals surface area contributed by atoms with Crippen molar-refractivity contribution in [3.63, 3.8) is 0 Å². The van der Waals surface area contributed by atoms with Gasteiger partial charge in [0.2, 0.25) is 0 Å². The summed E-state index contributed by atoms with van der Waals surface area (Å²) in [6.07, 6.45) is 0. The zero-order valence-electron chi connectivity index (χ0n) is 6.06. The Morgan fingerprint density at radius 2 is 2.18 bits per heavy atom. The minimum absolute atomic E-state index is 0.622. The van der Waals surface area contributed by atoms with Gasteiger partial charge in [-0.25, -0.2) is 0 Å². The highest BCUT2D eigenvalue weighted by atomic mass is 79.9. The third kappa shape index (κ3) is 1.36. The van der Waals surface area contributed by atoms with E-state index in [1.54, 1.807) is 12.1 Å². The molecule has 2 nitrogen and oxygen atoms in total. The summed E-state index contributed by atoms with van der Waals surface area (Å²) >= 11 is 3.29. The molecule has 0 amide bonds. The summed E-state index contributed by atoms with van der Waals surface area (Å²) in [5.74, 6) is 0. The Bertz CT molecular complexity index is 326. The zero-order valence-corrected chi connectivity index (χ0v) is 7.64. The van der Waals surface area contributed by atoms with Crippen molar-refractivity contribution in [2.45, 2.75) is 6.92 Å². The summed E-state index contributed by atoms with van der Waals surface area (Å²) in [7, 11) is 0. The van der Waals surface area contributed by atoms with E-state index in [1.807, 2.05) is 6.92 Å². The molecule has 1 rings (SSSR count). The maximum Gasteiger partial charge on any atom is 0.100 e. The summed E-state index contributed by atoms with van der Waals surface area (Å²) in [6, 6.07) is 5.50. The molecule has 0 aliphatic rings. The lowest BCUT2D eigenvalue weighted by Crippen LogP contribution is -1.91. The molecule has 1 aromatic rings. The first-order valence-corrected chi connectivity index (χ1v) is 3.90. The van der Waals surface area contributed by atoms with E-state index in [-0.39, 0.29) is 0 Å². The molecular formula is C8H7BrN2. The van der Waals surface area contributed by atoms with Crippen LogP contribution in [0.25, 0.3) is 0 Å². The van der Waals surface area contributed by atoms with Crippen LogP contribution in [0.4, 0.5) is 5.69 Å². The second-order valence-corrected chi connectivity index (χ2v) is 3.05. The molecule has 0 aromatic heterocycles. The number of nitriles is 1. The first-order valence-electron chi connectivity index (χ1n) is 3.11. The highest BCUT2D eigenvalue weighted by molar-refractivity contribution is 9.10. The van der Waals surface area contributed by atoms with Crippen LogP contribution in [0.15, 0.2) is 16.6 Å². The second-order valence-electron chi connectivity index (χ2n) is 2.25. The maximum atomic E-state index is 8.61.